The maximum absolute atomic E-state index is 3.59. The number of rotatable bonds is 4. The normalized spacial score (nSPS) is 19.5. The van der Waals surface area contributed by atoms with Crippen molar-refractivity contribution in [2.24, 2.45) is 5.92 Å². The fourth-order valence-corrected chi connectivity index (χ4v) is 4.87. The van der Waals surface area contributed by atoms with Crippen molar-refractivity contribution in [3.05, 3.63) is 29.8 Å². The molecule has 0 fully saturated rings. The first-order chi connectivity index (χ1) is 7.35. The van der Waals surface area contributed by atoms with Crippen molar-refractivity contribution in [2.45, 2.75) is 17.2 Å². The molecular weight excluding hydrogens is 336 g/mol. The number of hydrogen-bond donors (Lipinski definition) is 0. The lowest BCUT2D eigenvalue weighted by atomic mass is 9.92. The number of fused-ring (bicyclic) bond motifs is 1. The molecule has 0 radical (unpaired) electrons. The van der Waals surface area contributed by atoms with Crippen LogP contribution in [-0.2, 0) is 0 Å². The average Bonchev–Trinajstić information content (AvgIpc) is 2.69. The smallest absolute Gasteiger partial charge is 0.0107 e. The van der Waals surface area contributed by atoms with Gasteiger partial charge in [0.25, 0.3) is 0 Å². The lowest BCUT2D eigenvalue weighted by Gasteiger charge is -2.16. The van der Waals surface area contributed by atoms with Crippen LogP contribution in [0.1, 0.15) is 17.9 Å². The molecule has 1 aromatic carbocycles. The summed E-state index contributed by atoms with van der Waals surface area (Å²) in [6.45, 7) is 0. The zero-order valence-corrected chi connectivity index (χ0v) is 12.4. The molecule has 0 aromatic heterocycles. The Kier molecular flexibility index (Phi) is 4.59. The van der Waals surface area contributed by atoms with Gasteiger partial charge in [-0.3, -0.25) is 0 Å². The molecule has 15 heavy (non-hydrogen) atoms. The third kappa shape index (κ3) is 2.80. The molecule has 0 nitrogen and oxygen atoms in total. The SMILES string of the molecule is BrCC(CBr)CC1CSc2ccccc21. The molecule has 1 aliphatic rings. The number of benzene rings is 1. The van der Waals surface area contributed by atoms with Crippen LogP contribution in [0.5, 0.6) is 0 Å². The van der Waals surface area contributed by atoms with Crippen LogP contribution in [-0.4, -0.2) is 16.4 Å². The molecular formula is C12H14Br2S. The van der Waals surface area contributed by atoms with Crippen molar-refractivity contribution in [3.63, 3.8) is 0 Å². The molecule has 0 N–H and O–H groups in total. The maximum atomic E-state index is 3.59. The highest BCUT2D eigenvalue weighted by molar-refractivity contribution is 9.09. The minimum Gasteiger partial charge on any atom is -0.125 e. The fraction of sp³-hybridized carbons (Fsp3) is 0.500. The zero-order valence-electron chi connectivity index (χ0n) is 8.46. The van der Waals surface area contributed by atoms with Crippen molar-refractivity contribution in [3.8, 4) is 0 Å². The Bertz CT molecular complexity index is 323. The highest BCUT2D eigenvalue weighted by atomic mass is 79.9. The second kappa shape index (κ2) is 5.74. The van der Waals surface area contributed by atoms with Gasteiger partial charge in [-0.05, 0) is 29.9 Å². The summed E-state index contributed by atoms with van der Waals surface area (Å²) in [7, 11) is 0. The highest BCUT2D eigenvalue weighted by Gasteiger charge is 2.24. The molecule has 0 amide bonds. The van der Waals surface area contributed by atoms with Crippen LogP contribution >= 0.6 is 43.6 Å². The summed E-state index contributed by atoms with van der Waals surface area (Å²) < 4.78 is 0. The van der Waals surface area contributed by atoms with E-state index in [0.29, 0.717) is 0 Å². The molecule has 0 spiro atoms. The first-order valence-electron chi connectivity index (χ1n) is 5.18. The molecule has 3 heteroatoms. The van der Waals surface area contributed by atoms with E-state index in [-0.39, 0.29) is 0 Å². The van der Waals surface area contributed by atoms with Crippen LogP contribution in [0.3, 0.4) is 0 Å². The van der Waals surface area contributed by atoms with Gasteiger partial charge in [0.1, 0.15) is 0 Å². The maximum Gasteiger partial charge on any atom is 0.0107 e. The second-order valence-corrected chi connectivity index (χ2v) is 6.31. The lowest BCUT2D eigenvalue weighted by molar-refractivity contribution is 0.549. The Morgan fingerprint density at radius 2 is 2.00 bits per heavy atom. The third-order valence-electron chi connectivity index (χ3n) is 2.85. The Morgan fingerprint density at radius 1 is 1.27 bits per heavy atom. The van der Waals surface area contributed by atoms with Crippen LogP contribution in [0, 0.1) is 5.92 Å². The van der Waals surface area contributed by atoms with Crippen molar-refractivity contribution < 1.29 is 0 Å². The molecule has 1 atom stereocenters. The van der Waals surface area contributed by atoms with E-state index < -0.39 is 0 Å². The predicted octanol–water partition coefficient (Wildman–Crippen LogP) is 4.67. The van der Waals surface area contributed by atoms with Crippen molar-refractivity contribution in [2.75, 3.05) is 16.4 Å². The Balaban J connectivity index is 2.07. The number of thioether (sulfide) groups is 1. The fourth-order valence-electron chi connectivity index (χ4n) is 1.99. The molecule has 0 saturated heterocycles. The topological polar surface area (TPSA) is 0 Å². The van der Waals surface area contributed by atoms with Gasteiger partial charge in [-0.1, -0.05) is 50.1 Å². The van der Waals surface area contributed by atoms with Gasteiger partial charge in [-0.15, -0.1) is 11.8 Å². The second-order valence-electron chi connectivity index (χ2n) is 3.96. The molecule has 2 rings (SSSR count). The van der Waals surface area contributed by atoms with Crippen LogP contribution in [0.4, 0.5) is 0 Å². The summed E-state index contributed by atoms with van der Waals surface area (Å²) in [6.07, 6.45) is 1.29. The molecule has 0 saturated carbocycles. The van der Waals surface area contributed by atoms with E-state index in [1.165, 1.54) is 17.1 Å². The van der Waals surface area contributed by atoms with Gasteiger partial charge in [0.2, 0.25) is 0 Å². The standard InChI is InChI=1S/C12H14Br2S/c13-6-9(7-14)5-10-8-15-12-4-2-1-3-11(10)12/h1-4,9-10H,5-8H2. The van der Waals surface area contributed by atoms with E-state index in [2.05, 4.69) is 56.1 Å². The van der Waals surface area contributed by atoms with E-state index in [1.807, 2.05) is 11.8 Å². The molecule has 1 heterocycles. The molecule has 1 unspecified atom stereocenters. The van der Waals surface area contributed by atoms with Crippen molar-refractivity contribution >= 4 is 43.6 Å². The average molecular weight is 350 g/mol. The number of halogens is 2. The third-order valence-corrected chi connectivity index (χ3v) is 5.94. The van der Waals surface area contributed by atoms with Gasteiger partial charge >= 0.3 is 0 Å². The van der Waals surface area contributed by atoms with Crippen LogP contribution in [0.15, 0.2) is 29.2 Å². The van der Waals surface area contributed by atoms with Gasteiger partial charge in [0, 0.05) is 21.3 Å². The summed E-state index contributed by atoms with van der Waals surface area (Å²) in [5.41, 5.74) is 1.56. The van der Waals surface area contributed by atoms with Gasteiger partial charge in [0.15, 0.2) is 0 Å². The highest BCUT2D eigenvalue weighted by Crippen LogP contribution is 2.42. The van der Waals surface area contributed by atoms with Gasteiger partial charge in [-0.2, -0.15) is 0 Å². The minimum atomic E-state index is 0.752. The zero-order chi connectivity index (χ0) is 10.7. The first-order valence-corrected chi connectivity index (χ1v) is 8.41. The number of alkyl halides is 2. The van der Waals surface area contributed by atoms with Crippen LogP contribution in [0.25, 0.3) is 0 Å². The summed E-state index contributed by atoms with van der Waals surface area (Å²) in [5.74, 6) is 2.77. The van der Waals surface area contributed by atoms with Crippen LogP contribution < -0.4 is 0 Å². The van der Waals surface area contributed by atoms with E-state index in [4.69, 9.17) is 0 Å². The first kappa shape index (κ1) is 12.0. The Labute approximate surface area is 112 Å². The number of hydrogen-bond acceptors (Lipinski definition) is 1. The quantitative estimate of drug-likeness (QED) is 0.711. The molecule has 0 bridgehead atoms. The molecule has 0 aliphatic carbocycles. The molecule has 82 valence electrons. The van der Waals surface area contributed by atoms with Gasteiger partial charge < -0.3 is 0 Å². The van der Waals surface area contributed by atoms with Crippen molar-refractivity contribution in [1.82, 2.24) is 0 Å². The summed E-state index contributed by atoms with van der Waals surface area (Å²) in [5, 5.41) is 2.20. The summed E-state index contributed by atoms with van der Waals surface area (Å²) in [4.78, 5) is 1.49. The molecule has 1 aliphatic heterocycles. The summed E-state index contributed by atoms with van der Waals surface area (Å²) >= 11 is 9.18. The Morgan fingerprint density at radius 3 is 2.73 bits per heavy atom. The van der Waals surface area contributed by atoms with Gasteiger partial charge in [-0.25, -0.2) is 0 Å². The van der Waals surface area contributed by atoms with E-state index in [1.54, 1.807) is 5.56 Å². The van der Waals surface area contributed by atoms with E-state index in [9.17, 15) is 0 Å². The predicted molar refractivity (Wildman–Crippen MR) is 75.6 cm³/mol. The Hall–Kier alpha value is 0.530. The summed E-state index contributed by atoms with van der Waals surface area (Å²) in [6, 6.07) is 8.84. The van der Waals surface area contributed by atoms with E-state index in [0.717, 1.165) is 22.5 Å². The van der Waals surface area contributed by atoms with E-state index >= 15 is 0 Å². The van der Waals surface area contributed by atoms with Gasteiger partial charge in [0.05, 0.1) is 0 Å². The van der Waals surface area contributed by atoms with Crippen LogP contribution in [0.2, 0.25) is 0 Å². The monoisotopic (exact) mass is 348 g/mol. The molecule has 1 aromatic rings. The van der Waals surface area contributed by atoms with Crippen molar-refractivity contribution in [1.29, 1.82) is 0 Å². The lowest BCUT2D eigenvalue weighted by Crippen LogP contribution is -2.10. The largest absolute Gasteiger partial charge is 0.125 e. The minimum absolute atomic E-state index is 0.752.